The zero-order chi connectivity index (χ0) is 17.2. The van der Waals surface area contributed by atoms with Crippen molar-refractivity contribution < 1.29 is 0 Å². The van der Waals surface area contributed by atoms with E-state index in [1.165, 1.54) is 40.7 Å². The van der Waals surface area contributed by atoms with Crippen molar-refractivity contribution in [2.75, 3.05) is 5.32 Å². The number of aryl methyl sites for hydroxylation is 1. The Morgan fingerprint density at radius 3 is 2.80 bits per heavy atom. The van der Waals surface area contributed by atoms with Crippen LogP contribution < -0.4 is 10.9 Å². The monoisotopic (exact) mass is 354 g/mol. The van der Waals surface area contributed by atoms with E-state index in [0.717, 1.165) is 29.6 Å². The van der Waals surface area contributed by atoms with Gasteiger partial charge in [-0.1, -0.05) is 67.9 Å². The molecule has 0 radical (unpaired) electrons. The van der Waals surface area contributed by atoms with Crippen LogP contribution in [0.5, 0.6) is 0 Å². The average Bonchev–Trinajstić information content (AvgIpc) is 3.00. The number of hydrogen-bond donors (Lipinski definition) is 1. The highest BCUT2D eigenvalue weighted by Crippen LogP contribution is 2.36. The molecule has 0 saturated heterocycles. The van der Waals surface area contributed by atoms with Crippen LogP contribution in [0.3, 0.4) is 0 Å². The molecule has 1 aliphatic carbocycles. The number of anilines is 1. The summed E-state index contributed by atoms with van der Waals surface area (Å²) in [5, 5.41) is 8.76. The largest absolute Gasteiger partial charge is 0.353 e. The highest BCUT2D eigenvalue weighted by atomic mass is 32.1. The minimum absolute atomic E-state index is 0.110. The maximum absolute atomic E-state index is 12.2. The van der Waals surface area contributed by atoms with Crippen LogP contribution in [0.2, 0.25) is 0 Å². The lowest BCUT2D eigenvalue weighted by Gasteiger charge is -2.30. The fourth-order valence-corrected chi connectivity index (χ4v) is 4.15. The minimum atomic E-state index is -0.110. The predicted octanol–water partition coefficient (Wildman–Crippen LogP) is 4.06. The molecule has 0 aliphatic heterocycles. The third-order valence-electron chi connectivity index (χ3n) is 4.95. The second-order valence-corrected chi connectivity index (χ2v) is 7.64. The summed E-state index contributed by atoms with van der Waals surface area (Å²) in [7, 11) is 0. The first-order valence-electron chi connectivity index (χ1n) is 8.94. The van der Waals surface area contributed by atoms with Crippen LogP contribution in [0.15, 0.2) is 41.2 Å². The Morgan fingerprint density at radius 2 is 2.12 bits per heavy atom. The van der Waals surface area contributed by atoms with Gasteiger partial charge in [-0.3, -0.25) is 4.79 Å². The van der Waals surface area contributed by atoms with Gasteiger partial charge in [-0.05, 0) is 24.3 Å². The quantitative estimate of drug-likeness (QED) is 0.725. The molecule has 1 aliphatic rings. The van der Waals surface area contributed by atoms with Crippen LogP contribution in [0.4, 0.5) is 5.13 Å². The Bertz CT molecular complexity index is 914. The molecule has 0 bridgehead atoms. The minimum Gasteiger partial charge on any atom is -0.353 e. The molecule has 6 heteroatoms. The standard InChI is InChI=1S/C19H22N4OS/c1-2-15-12-17(24)23-19(20-15)25-18(22-23)21-16(11-13-7-6-8-13)14-9-4-3-5-10-14/h3-5,9-10,12-13,16H,2,6-8,11H2,1H3,(H,21,22). The van der Waals surface area contributed by atoms with Crippen molar-refractivity contribution in [3.8, 4) is 0 Å². The summed E-state index contributed by atoms with van der Waals surface area (Å²) in [6.07, 6.45) is 5.81. The Kier molecular flexibility index (Phi) is 4.53. The summed E-state index contributed by atoms with van der Waals surface area (Å²) in [6, 6.07) is 12.3. The van der Waals surface area contributed by atoms with Gasteiger partial charge >= 0.3 is 0 Å². The van der Waals surface area contributed by atoms with Crippen molar-refractivity contribution in [3.63, 3.8) is 0 Å². The van der Waals surface area contributed by atoms with E-state index in [1.807, 2.05) is 13.0 Å². The highest BCUT2D eigenvalue weighted by Gasteiger charge is 2.24. The van der Waals surface area contributed by atoms with Gasteiger partial charge in [-0.15, -0.1) is 5.10 Å². The van der Waals surface area contributed by atoms with Gasteiger partial charge in [-0.2, -0.15) is 4.52 Å². The van der Waals surface area contributed by atoms with Crippen LogP contribution in [-0.4, -0.2) is 14.6 Å². The number of benzene rings is 1. The Hall–Kier alpha value is -2.21. The maximum atomic E-state index is 12.2. The molecule has 0 amide bonds. The molecule has 130 valence electrons. The number of fused-ring (bicyclic) bond motifs is 1. The first-order chi connectivity index (χ1) is 12.2. The lowest BCUT2D eigenvalue weighted by molar-refractivity contribution is 0.282. The second kappa shape index (κ2) is 6.96. The van der Waals surface area contributed by atoms with Gasteiger partial charge < -0.3 is 5.32 Å². The number of aromatic nitrogens is 3. The fourth-order valence-electron chi connectivity index (χ4n) is 3.27. The van der Waals surface area contributed by atoms with Crippen LogP contribution in [0.25, 0.3) is 4.96 Å². The molecule has 1 unspecified atom stereocenters. The normalized spacial score (nSPS) is 15.9. The zero-order valence-electron chi connectivity index (χ0n) is 14.3. The first kappa shape index (κ1) is 16.3. The molecule has 1 aromatic carbocycles. The van der Waals surface area contributed by atoms with Crippen LogP contribution >= 0.6 is 11.3 Å². The zero-order valence-corrected chi connectivity index (χ0v) is 15.1. The van der Waals surface area contributed by atoms with E-state index in [0.29, 0.717) is 4.96 Å². The summed E-state index contributed by atoms with van der Waals surface area (Å²) in [4.78, 5) is 17.4. The van der Waals surface area contributed by atoms with Gasteiger partial charge in [0.25, 0.3) is 5.56 Å². The van der Waals surface area contributed by atoms with Crippen LogP contribution in [0, 0.1) is 5.92 Å². The second-order valence-electron chi connectivity index (χ2n) is 6.68. The number of hydrogen-bond acceptors (Lipinski definition) is 5. The van der Waals surface area contributed by atoms with Crippen molar-refractivity contribution in [3.05, 3.63) is 58.0 Å². The molecule has 2 heterocycles. The SMILES string of the molecule is CCc1cc(=O)n2nc(NC(CC3CCC3)c3ccccc3)sc2n1. The summed E-state index contributed by atoms with van der Waals surface area (Å²) in [5.74, 6) is 0.777. The van der Waals surface area contributed by atoms with E-state index in [-0.39, 0.29) is 11.6 Å². The summed E-state index contributed by atoms with van der Waals surface area (Å²) in [6.45, 7) is 2.00. The lowest BCUT2D eigenvalue weighted by atomic mass is 9.79. The van der Waals surface area contributed by atoms with Gasteiger partial charge in [0.2, 0.25) is 10.1 Å². The molecule has 25 heavy (non-hydrogen) atoms. The molecule has 1 fully saturated rings. The molecular formula is C19H22N4OS. The van der Waals surface area contributed by atoms with Gasteiger partial charge in [0.1, 0.15) is 0 Å². The van der Waals surface area contributed by atoms with E-state index in [4.69, 9.17) is 0 Å². The van der Waals surface area contributed by atoms with Crippen LogP contribution in [-0.2, 0) is 6.42 Å². The molecule has 2 aromatic heterocycles. The Morgan fingerprint density at radius 1 is 1.32 bits per heavy atom. The molecule has 1 atom stereocenters. The lowest BCUT2D eigenvalue weighted by Crippen LogP contribution is -2.20. The summed E-state index contributed by atoms with van der Waals surface area (Å²) in [5.41, 5.74) is 1.97. The molecule has 5 nitrogen and oxygen atoms in total. The van der Waals surface area contributed by atoms with Gasteiger partial charge in [0.05, 0.1) is 6.04 Å². The predicted molar refractivity (Wildman–Crippen MR) is 101 cm³/mol. The van der Waals surface area contributed by atoms with E-state index in [1.54, 1.807) is 6.07 Å². The molecule has 0 spiro atoms. The van der Waals surface area contributed by atoms with Crippen molar-refractivity contribution >= 4 is 21.4 Å². The number of nitrogens with one attached hydrogen (secondary N) is 1. The van der Waals surface area contributed by atoms with Crippen LogP contribution in [0.1, 0.15) is 49.9 Å². The fraction of sp³-hybridized carbons (Fsp3) is 0.421. The van der Waals surface area contributed by atoms with Crippen molar-refractivity contribution in [1.29, 1.82) is 0 Å². The molecule has 4 rings (SSSR count). The first-order valence-corrected chi connectivity index (χ1v) is 9.76. The molecule has 1 saturated carbocycles. The number of nitrogens with zero attached hydrogens (tertiary/aromatic N) is 3. The van der Waals surface area contributed by atoms with E-state index < -0.39 is 0 Å². The van der Waals surface area contributed by atoms with Crippen molar-refractivity contribution in [2.24, 2.45) is 5.92 Å². The third-order valence-corrected chi connectivity index (χ3v) is 5.79. The third kappa shape index (κ3) is 3.44. The van der Waals surface area contributed by atoms with Gasteiger partial charge in [-0.25, -0.2) is 4.98 Å². The topological polar surface area (TPSA) is 59.3 Å². The highest BCUT2D eigenvalue weighted by molar-refractivity contribution is 7.20. The smallest absolute Gasteiger partial charge is 0.275 e. The maximum Gasteiger partial charge on any atom is 0.275 e. The Balaban J connectivity index is 1.63. The molecule has 3 aromatic rings. The number of rotatable bonds is 6. The summed E-state index contributed by atoms with van der Waals surface area (Å²) >= 11 is 1.45. The molecular weight excluding hydrogens is 332 g/mol. The molecule has 1 N–H and O–H groups in total. The van der Waals surface area contributed by atoms with Crippen molar-refractivity contribution in [2.45, 2.75) is 45.1 Å². The van der Waals surface area contributed by atoms with E-state index in [9.17, 15) is 4.79 Å². The Labute approximate surface area is 150 Å². The van der Waals surface area contributed by atoms with Crippen molar-refractivity contribution in [1.82, 2.24) is 14.6 Å². The average molecular weight is 354 g/mol. The van der Waals surface area contributed by atoms with Gasteiger partial charge in [0.15, 0.2) is 0 Å². The van der Waals surface area contributed by atoms with E-state index in [2.05, 4.69) is 39.7 Å². The van der Waals surface area contributed by atoms with E-state index >= 15 is 0 Å². The summed E-state index contributed by atoms with van der Waals surface area (Å²) < 4.78 is 1.40. The van der Waals surface area contributed by atoms with Gasteiger partial charge in [0, 0.05) is 11.8 Å².